The number of benzene rings is 1. The third-order valence-corrected chi connectivity index (χ3v) is 4.66. The number of fused-ring (bicyclic) bond motifs is 1. The molecular weight excluding hydrogens is 244 g/mol. The molecule has 1 heterocycles. The molecule has 2 atom stereocenters. The average Bonchev–Trinajstić information content (AvgIpc) is 2.72. The monoisotopic (exact) mass is 268 g/mol. The molecule has 1 aliphatic rings. The van der Waals surface area contributed by atoms with Crippen molar-refractivity contribution >= 4 is 10.9 Å². The van der Waals surface area contributed by atoms with Crippen LogP contribution in [0.15, 0.2) is 30.3 Å². The van der Waals surface area contributed by atoms with Crippen molar-refractivity contribution in [2.75, 3.05) is 7.05 Å². The molecule has 2 aromatic rings. The van der Waals surface area contributed by atoms with Gasteiger partial charge in [0.1, 0.15) is 0 Å². The number of rotatable bonds is 2. The van der Waals surface area contributed by atoms with Crippen molar-refractivity contribution in [3.05, 3.63) is 41.6 Å². The van der Waals surface area contributed by atoms with Crippen LogP contribution in [0.3, 0.4) is 0 Å². The summed E-state index contributed by atoms with van der Waals surface area (Å²) in [4.78, 5) is 4.60. The van der Waals surface area contributed by atoms with Gasteiger partial charge in [-0.15, -0.1) is 0 Å². The molecule has 0 spiro atoms. The minimum absolute atomic E-state index is 0.675. The van der Waals surface area contributed by atoms with Crippen LogP contribution in [-0.2, 0) is 0 Å². The summed E-state index contributed by atoms with van der Waals surface area (Å²) in [5, 5.41) is 4.75. The number of nitrogens with one attached hydrogen (secondary N) is 1. The summed E-state index contributed by atoms with van der Waals surface area (Å²) < 4.78 is 0. The Bertz CT molecular complexity index is 591. The lowest BCUT2D eigenvalue weighted by Gasteiger charge is -2.20. The largest absolute Gasteiger partial charge is 0.317 e. The lowest BCUT2D eigenvalue weighted by molar-refractivity contribution is 0.471. The molecule has 2 unspecified atom stereocenters. The van der Waals surface area contributed by atoms with Crippen LogP contribution in [0, 0.1) is 6.92 Å². The molecule has 1 aliphatic carbocycles. The second-order valence-electron chi connectivity index (χ2n) is 6.11. The smallest absolute Gasteiger partial charge is 0.0705 e. The number of hydrogen-bond donors (Lipinski definition) is 1. The Labute approximate surface area is 121 Å². The zero-order valence-electron chi connectivity index (χ0n) is 12.5. The Morgan fingerprint density at radius 2 is 1.95 bits per heavy atom. The van der Waals surface area contributed by atoms with Crippen molar-refractivity contribution in [2.45, 2.75) is 51.0 Å². The van der Waals surface area contributed by atoms with E-state index in [0.717, 1.165) is 11.2 Å². The molecule has 0 amide bonds. The van der Waals surface area contributed by atoms with Crippen LogP contribution in [0.25, 0.3) is 10.9 Å². The summed E-state index contributed by atoms with van der Waals surface area (Å²) in [6, 6.07) is 11.8. The first kappa shape index (κ1) is 13.6. The Kier molecular flexibility index (Phi) is 4.02. The Morgan fingerprint density at radius 3 is 2.80 bits per heavy atom. The lowest BCUT2D eigenvalue weighted by atomic mass is 9.89. The van der Waals surface area contributed by atoms with Crippen LogP contribution >= 0.6 is 0 Å². The van der Waals surface area contributed by atoms with Gasteiger partial charge in [-0.1, -0.05) is 25.0 Å². The summed E-state index contributed by atoms with van der Waals surface area (Å²) in [5.74, 6) is 0.695. The van der Waals surface area contributed by atoms with Crippen molar-refractivity contribution in [3.63, 3.8) is 0 Å². The maximum atomic E-state index is 4.60. The van der Waals surface area contributed by atoms with Gasteiger partial charge in [0.25, 0.3) is 0 Å². The van der Waals surface area contributed by atoms with Crippen molar-refractivity contribution < 1.29 is 0 Å². The van der Waals surface area contributed by atoms with Gasteiger partial charge in [0.05, 0.1) is 5.52 Å². The maximum absolute atomic E-state index is 4.60. The minimum Gasteiger partial charge on any atom is -0.317 e. The summed E-state index contributed by atoms with van der Waals surface area (Å²) in [6.45, 7) is 2.05. The van der Waals surface area contributed by atoms with E-state index in [1.807, 2.05) is 0 Å². The fraction of sp³-hybridized carbons (Fsp3) is 0.500. The Balaban J connectivity index is 1.90. The zero-order chi connectivity index (χ0) is 13.9. The third-order valence-electron chi connectivity index (χ3n) is 4.66. The molecule has 0 radical (unpaired) electrons. The molecule has 1 fully saturated rings. The van der Waals surface area contributed by atoms with E-state index in [1.165, 1.54) is 43.1 Å². The summed E-state index contributed by atoms with van der Waals surface area (Å²) >= 11 is 0. The van der Waals surface area contributed by atoms with E-state index in [4.69, 9.17) is 0 Å². The van der Waals surface area contributed by atoms with Crippen LogP contribution in [0.5, 0.6) is 0 Å². The molecule has 1 saturated carbocycles. The molecule has 0 bridgehead atoms. The lowest BCUT2D eigenvalue weighted by Crippen LogP contribution is -2.25. The molecular formula is C18H24N2. The highest BCUT2D eigenvalue weighted by Crippen LogP contribution is 2.33. The van der Waals surface area contributed by atoms with Crippen molar-refractivity contribution in [2.24, 2.45) is 0 Å². The zero-order valence-corrected chi connectivity index (χ0v) is 12.5. The summed E-state index contributed by atoms with van der Waals surface area (Å²) in [6.07, 6.45) is 6.62. The molecule has 0 aliphatic heterocycles. The molecule has 1 aromatic carbocycles. The van der Waals surface area contributed by atoms with E-state index in [-0.39, 0.29) is 0 Å². The summed E-state index contributed by atoms with van der Waals surface area (Å²) in [5.41, 5.74) is 3.70. The Hall–Kier alpha value is -1.41. The molecule has 3 rings (SSSR count). The van der Waals surface area contributed by atoms with Gasteiger partial charge in [-0.2, -0.15) is 0 Å². The van der Waals surface area contributed by atoms with Gasteiger partial charge in [0.2, 0.25) is 0 Å². The molecule has 2 heteroatoms. The molecule has 106 valence electrons. The van der Waals surface area contributed by atoms with E-state index >= 15 is 0 Å². The van der Waals surface area contributed by atoms with Crippen LogP contribution < -0.4 is 5.32 Å². The topological polar surface area (TPSA) is 24.9 Å². The average molecular weight is 268 g/mol. The highest BCUT2D eigenvalue weighted by atomic mass is 14.9. The van der Waals surface area contributed by atoms with Gasteiger partial charge < -0.3 is 5.32 Å². The minimum atomic E-state index is 0.675. The van der Waals surface area contributed by atoms with E-state index in [2.05, 4.69) is 54.6 Å². The summed E-state index contributed by atoms with van der Waals surface area (Å²) in [7, 11) is 2.10. The maximum Gasteiger partial charge on any atom is 0.0705 e. The van der Waals surface area contributed by atoms with Gasteiger partial charge >= 0.3 is 0 Å². The first-order valence-corrected chi connectivity index (χ1v) is 7.81. The highest BCUT2D eigenvalue weighted by Gasteiger charge is 2.20. The number of hydrogen-bond acceptors (Lipinski definition) is 2. The number of aryl methyl sites for hydroxylation is 1. The fourth-order valence-corrected chi connectivity index (χ4v) is 3.43. The predicted octanol–water partition coefficient (Wildman–Crippen LogP) is 4.18. The first-order valence-electron chi connectivity index (χ1n) is 7.81. The number of nitrogens with zero attached hydrogens (tertiary/aromatic N) is 1. The van der Waals surface area contributed by atoms with Crippen molar-refractivity contribution in [1.29, 1.82) is 0 Å². The van der Waals surface area contributed by atoms with Gasteiger partial charge in [-0.05, 0) is 62.9 Å². The first-order chi connectivity index (χ1) is 9.76. The van der Waals surface area contributed by atoms with Crippen LogP contribution in [-0.4, -0.2) is 18.1 Å². The van der Waals surface area contributed by atoms with Crippen molar-refractivity contribution in [3.8, 4) is 0 Å². The molecule has 2 nitrogen and oxygen atoms in total. The van der Waals surface area contributed by atoms with Crippen LogP contribution in [0.4, 0.5) is 0 Å². The second-order valence-corrected chi connectivity index (χ2v) is 6.11. The van der Waals surface area contributed by atoms with E-state index < -0.39 is 0 Å². The number of aromatic nitrogens is 1. The van der Waals surface area contributed by atoms with Gasteiger partial charge in [-0.3, -0.25) is 4.98 Å². The van der Waals surface area contributed by atoms with Gasteiger partial charge in [0, 0.05) is 17.1 Å². The van der Waals surface area contributed by atoms with E-state index in [0.29, 0.717) is 12.0 Å². The molecule has 1 aromatic heterocycles. The Morgan fingerprint density at radius 1 is 1.10 bits per heavy atom. The third kappa shape index (κ3) is 2.85. The van der Waals surface area contributed by atoms with E-state index in [1.54, 1.807) is 0 Å². The SMILES string of the molecule is CNC1CCCCC(c2ccc3nc(C)ccc3c2)C1. The van der Waals surface area contributed by atoms with Gasteiger partial charge in [-0.25, -0.2) is 0 Å². The molecule has 20 heavy (non-hydrogen) atoms. The fourth-order valence-electron chi connectivity index (χ4n) is 3.43. The van der Waals surface area contributed by atoms with E-state index in [9.17, 15) is 0 Å². The molecule has 1 N–H and O–H groups in total. The standard InChI is InChI=1S/C18H24N2/c1-13-7-8-16-11-15(9-10-18(16)20-13)14-5-3-4-6-17(12-14)19-2/h7-11,14,17,19H,3-6,12H2,1-2H3. The van der Waals surface area contributed by atoms with Crippen LogP contribution in [0.1, 0.15) is 49.3 Å². The number of pyridine rings is 1. The van der Waals surface area contributed by atoms with Crippen LogP contribution in [0.2, 0.25) is 0 Å². The normalized spacial score (nSPS) is 23.7. The predicted molar refractivity (Wildman–Crippen MR) is 85.2 cm³/mol. The van der Waals surface area contributed by atoms with Gasteiger partial charge in [0.15, 0.2) is 0 Å². The second kappa shape index (κ2) is 5.92. The molecule has 0 saturated heterocycles. The quantitative estimate of drug-likeness (QED) is 0.827. The van der Waals surface area contributed by atoms with Crippen molar-refractivity contribution in [1.82, 2.24) is 10.3 Å². The highest BCUT2D eigenvalue weighted by molar-refractivity contribution is 5.79.